The topological polar surface area (TPSA) is 68.3 Å². The highest BCUT2D eigenvalue weighted by Gasteiger charge is 2.15. The van der Waals surface area contributed by atoms with Gasteiger partial charge in [-0.1, -0.05) is 6.92 Å². The van der Waals surface area contributed by atoms with E-state index in [9.17, 15) is 9.59 Å². The molecular formula is C11H13BrN2O3. The summed E-state index contributed by atoms with van der Waals surface area (Å²) in [5, 5.41) is 2.58. The number of halogens is 1. The molecule has 0 saturated heterocycles. The standard InChI is InChI=1S/C11H13BrN2O3/c1-3-4-9(15)14-10-8(11(16)17-2)5-7(12)6-13-10/h5-6H,3-4H2,1-2H3,(H,13,14,15). The van der Waals surface area contributed by atoms with Crippen LogP contribution in [0, 0.1) is 0 Å². The highest BCUT2D eigenvalue weighted by atomic mass is 79.9. The van der Waals surface area contributed by atoms with Gasteiger partial charge in [0.1, 0.15) is 11.4 Å². The first-order chi connectivity index (χ1) is 8.08. The number of pyridine rings is 1. The van der Waals surface area contributed by atoms with Crippen molar-refractivity contribution in [1.29, 1.82) is 0 Å². The van der Waals surface area contributed by atoms with Gasteiger partial charge in [0.05, 0.1) is 7.11 Å². The fourth-order valence-corrected chi connectivity index (χ4v) is 1.56. The Kier molecular flexibility index (Phi) is 5.09. The summed E-state index contributed by atoms with van der Waals surface area (Å²) in [6, 6.07) is 1.56. The molecule has 0 saturated carbocycles. The normalized spacial score (nSPS) is 9.82. The van der Waals surface area contributed by atoms with Crippen LogP contribution < -0.4 is 5.32 Å². The van der Waals surface area contributed by atoms with Gasteiger partial charge in [-0.3, -0.25) is 4.79 Å². The molecule has 5 nitrogen and oxygen atoms in total. The highest BCUT2D eigenvalue weighted by molar-refractivity contribution is 9.10. The van der Waals surface area contributed by atoms with Crippen molar-refractivity contribution in [2.75, 3.05) is 12.4 Å². The second kappa shape index (κ2) is 6.34. The average Bonchev–Trinajstić information content (AvgIpc) is 2.30. The van der Waals surface area contributed by atoms with Crippen molar-refractivity contribution < 1.29 is 14.3 Å². The maximum atomic E-state index is 11.5. The van der Waals surface area contributed by atoms with Crippen molar-refractivity contribution in [3.63, 3.8) is 0 Å². The van der Waals surface area contributed by atoms with E-state index >= 15 is 0 Å². The first-order valence-corrected chi connectivity index (χ1v) is 5.91. The molecule has 1 aromatic heterocycles. The minimum atomic E-state index is -0.536. The summed E-state index contributed by atoms with van der Waals surface area (Å²) in [6.07, 6.45) is 2.63. The van der Waals surface area contributed by atoms with E-state index < -0.39 is 5.97 Å². The number of anilines is 1. The number of amides is 1. The average molecular weight is 301 g/mol. The number of aromatic nitrogens is 1. The monoisotopic (exact) mass is 300 g/mol. The number of rotatable bonds is 4. The summed E-state index contributed by atoms with van der Waals surface area (Å²) in [7, 11) is 1.28. The van der Waals surface area contributed by atoms with E-state index in [4.69, 9.17) is 0 Å². The van der Waals surface area contributed by atoms with E-state index in [2.05, 4.69) is 31.0 Å². The van der Waals surface area contributed by atoms with Crippen molar-refractivity contribution in [1.82, 2.24) is 4.98 Å². The zero-order valence-corrected chi connectivity index (χ0v) is 11.2. The Hall–Kier alpha value is -1.43. The largest absolute Gasteiger partial charge is 0.465 e. The van der Waals surface area contributed by atoms with Gasteiger partial charge in [0.15, 0.2) is 0 Å². The van der Waals surface area contributed by atoms with Gasteiger partial charge < -0.3 is 10.1 Å². The van der Waals surface area contributed by atoms with E-state index in [1.54, 1.807) is 6.07 Å². The molecule has 1 amide bonds. The third-order valence-electron chi connectivity index (χ3n) is 1.99. The van der Waals surface area contributed by atoms with Crippen LogP contribution in [0.25, 0.3) is 0 Å². The van der Waals surface area contributed by atoms with Gasteiger partial charge in [0, 0.05) is 17.1 Å². The number of methoxy groups -OCH3 is 1. The van der Waals surface area contributed by atoms with E-state index in [-0.39, 0.29) is 17.3 Å². The van der Waals surface area contributed by atoms with Gasteiger partial charge in [-0.15, -0.1) is 0 Å². The van der Waals surface area contributed by atoms with Crippen molar-refractivity contribution >= 4 is 33.6 Å². The Balaban J connectivity index is 2.98. The van der Waals surface area contributed by atoms with Crippen molar-refractivity contribution in [3.8, 4) is 0 Å². The Labute approximate surface area is 108 Å². The molecule has 17 heavy (non-hydrogen) atoms. The molecule has 0 radical (unpaired) electrons. The Bertz CT molecular complexity index is 435. The summed E-state index contributed by atoms with van der Waals surface area (Å²) < 4.78 is 5.27. The van der Waals surface area contributed by atoms with Crippen LogP contribution in [0.5, 0.6) is 0 Å². The van der Waals surface area contributed by atoms with Crippen LogP contribution in [0.15, 0.2) is 16.7 Å². The molecule has 0 aliphatic carbocycles. The lowest BCUT2D eigenvalue weighted by Crippen LogP contribution is -2.16. The third kappa shape index (κ3) is 3.81. The lowest BCUT2D eigenvalue weighted by molar-refractivity contribution is -0.116. The summed E-state index contributed by atoms with van der Waals surface area (Å²) in [4.78, 5) is 26.9. The molecule has 1 N–H and O–H groups in total. The Morgan fingerprint density at radius 1 is 1.53 bits per heavy atom. The number of carbonyl (C=O) groups is 2. The van der Waals surface area contributed by atoms with Crippen molar-refractivity contribution in [2.45, 2.75) is 19.8 Å². The van der Waals surface area contributed by atoms with E-state index in [0.717, 1.165) is 6.42 Å². The molecular weight excluding hydrogens is 288 g/mol. The number of hydrogen-bond donors (Lipinski definition) is 1. The minimum absolute atomic E-state index is 0.174. The number of ether oxygens (including phenoxy) is 1. The fourth-order valence-electron chi connectivity index (χ4n) is 1.23. The number of esters is 1. The number of nitrogens with zero attached hydrogens (tertiary/aromatic N) is 1. The summed E-state index contributed by atoms with van der Waals surface area (Å²) in [5.41, 5.74) is 0.228. The molecule has 0 fully saturated rings. The molecule has 1 rings (SSSR count). The van der Waals surface area contributed by atoms with Gasteiger partial charge in [0.2, 0.25) is 5.91 Å². The molecule has 1 heterocycles. The molecule has 0 aromatic carbocycles. The van der Waals surface area contributed by atoms with Gasteiger partial charge >= 0.3 is 5.97 Å². The lowest BCUT2D eigenvalue weighted by atomic mass is 10.2. The molecule has 1 aromatic rings. The fraction of sp³-hybridized carbons (Fsp3) is 0.364. The predicted molar refractivity (Wildman–Crippen MR) is 66.8 cm³/mol. The number of hydrogen-bond acceptors (Lipinski definition) is 4. The van der Waals surface area contributed by atoms with Gasteiger partial charge in [-0.2, -0.15) is 0 Å². The number of nitrogens with one attached hydrogen (secondary N) is 1. The second-order valence-electron chi connectivity index (χ2n) is 3.34. The highest BCUT2D eigenvalue weighted by Crippen LogP contribution is 2.19. The maximum absolute atomic E-state index is 11.5. The maximum Gasteiger partial charge on any atom is 0.341 e. The number of carbonyl (C=O) groups excluding carboxylic acids is 2. The molecule has 0 spiro atoms. The van der Waals surface area contributed by atoms with Crippen LogP contribution in [0.4, 0.5) is 5.82 Å². The molecule has 6 heteroatoms. The smallest absolute Gasteiger partial charge is 0.341 e. The third-order valence-corrected chi connectivity index (χ3v) is 2.43. The van der Waals surface area contributed by atoms with Crippen molar-refractivity contribution in [3.05, 3.63) is 22.3 Å². The van der Waals surface area contributed by atoms with Crippen LogP contribution in [-0.4, -0.2) is 24.0 Å². The zero-order chi connectivity index (χ0) is 12.8. The van der Waals surface area contributed by atoms with Gasteiger partial charge in [-0.25, -0.2) is 9.78 Å². The van der Waals surface area contributed by atoms with Crippen LogP contribution >= 0.6 is 15.9 Å². The first kappa shape index (κ1) is 13.6. The second-order valence-corrected chi connectivity index (χ2v) is 4.26. The van der Waals surface area contributed by atoms with Crippen LogP contribution in [0.2, 0.25) is 0 Å². The van der Waals surface area contributed by atoms with Gasteiger partial charge in [0.25, 0.3) is 0 Å². The molecule has 0 bridgehead atoms. The van der Waals surface area contributed by atoms with E-state index in [1.165, 1.54) is 13.3 Å². The molecule has 0 aliphatic heterocycles. The van der Waals surface area contributed by atoms with Crippen LogP contribution in [-0.2, 0) is 9.53 Å². The minimum Gasteiger partial charge on any atom is -0.465 e. The zero-order valence-electron chi connectivity index (χ0n) is 9.62. The quantitative estimate of drug-likeness (QED) is 0.867. The first-order valence-electron chi connectivity index (χ1n) is 5.12. The van der Waals surface area contributed by atoms with Crippen LogP contribution in [0.3, 0.4) is 0 Å². The van der Waals surface area contributed by atoms with Crippen molar-refractivity contribution in [2.24, 2.45) is 0 Å². The predicted octanol–water partition coefficient (Wildman–Crippen LogP) is 2.37. The SMILES string of the molecule is CCCC(=O)Nc1ncc(Br)cc1C(=O)OC. The lowest BCUT2D eigenvalue weighted by Gasteiger charge is -2.08. The molecule has 0 atom stereocenters. The van der Waals surface area contributed by atoms with E-state index in [1.807, 2.05) is 6.92 Å². The van der Waals surface area contributed by atoms with Crippen LogP contribution in [0.1, 0.15) is 30.1 Å². The molecule has 0 unspecified atom stereocenters. The summed E-state index contributed by atoms with van der Waals surface area (Å²) >= 11 is 3.21. The summed E-state index contributed by atoms with van der Waals surface area (Å²) in [6.45, 7) is 1.90. The van der Waals surface area contributed by atoms with E-state index in [0.29, 0.717) is 10.9 Å². The Morgan fingerprint density at radius 2 is 2.24 bits per heavy atom. The Morgan fingerprint density at radius 3 is 2.82 bits per heavy atom. The molecule has 0 aliphatic rings. The molecule has 92 valence electrons. The van der Waals surface area contributed by atoms with Gasteiger partial charge in [-0.05, 0) is 28.4 Å². The summed E-state index contributed by atoms with van der Waals surface area (Å²) in [5.74, 6) is -0.489.